The van der Waals surface area contributed by atoms with Crippen LogP contribution in [-0.4, -0.2) is 23.5 Å². The van der Waals surface area contributed by atoms with E-state index in [9.17, 15) is 9.90 Å². The summed E-state index contributed by atoms with van der Waals surface area (Å²) in [6.45, 7) is 9.44. The second kappa shape index (κ2) is 4.72. The second-order valence-corrected chi connectivity index (χ2v) is 5.68. The van der Waals surface area contributed by atoms with Crippen molar-refractivity contribution in [3.8, 4) is 5.75 Å². The molecule has 1 heterocycles. The highest BCUT2D eigenvalue weighted by atomic mass is 16.3. The van der Waals surface area contributed by atoms with Crippen LogP contribution in [0.15, 0.2) is 18.2 Å². The number of fused-ring (bicyclic) bond motifs is 1. The highest BCUT2D eigenvalue weighted by Gasteiger charge is 2.31. The van der Waals surface area contributed by atoms with Crippen molar-refractivity contribution in [2.24, 2.45) is 0 Å². The zero-order valence-electron chi connectivity index (χ0n) is 12.0. The minimum Gasteiger partial charge on any atom is -0.507 e. The molecule has 1 aromatic carbocycles. The summed E-state index contributed by atoms with van der Waals surface area (Å²) in [5, 5.41) is 9.93. The van der Waals surface area contributed by atoms with Crippen molar-refractivity contribution in [1.29, 1.82) is 0 Å². The summed E-state index contributed by atoms with van der Waals surface area (Å²) < 4.78 is 0. The van der Waals surface area contributed by atoms with Gasteiger partial charge in [-0.25, -0.2) is 0 Å². The molecule has 3 heteroatoms. The summed E-state index contributed by atoms with van der Waals surface area (Å²) in [7, 11) is 0. The number of hydrogen-bond donors (Lipinski definition) is 1. The quantitative estimate of drug-likeness (QED) is 0.843. The molecule has 19 heavy (non-hydrogen) atoms. The van der Waals surface area contributed by atoms with Gasteiger partial charge in [-0.2, -0.15) is 0 Å². The first kappa shape index (κ1) is 13.7. The fraction of sp³-hybridized carbons (Fsp3) is 0.438. The maximum absolute atomic E-state index is 11.0. The number of benzene rings is 1. The smallest absolute Gasteiger partial charge is 0.153 e. The molecule has 0 amide bonds. The third-order valence-corrected chi connectivity index (χ3v) is 3.70. The largest absolute Gasteiger partial charge is 0.507 e. The van der Waals surface area contributed by atoms with Gasteiger partial charge in [0, 0.05) is 23.9 Å². The molecule has 0 saturated heterocycles. The first-order chi connectivity index (χ1) is 8.90. The van der Waals surface area contributed by atoms with Crippen LogP contribution in [-0.2, 0) is 0 Å². The van der Waals surface area contributed by atoms with Crippen molar-refractivity contribution in [2.75, 3.05) is 11.4 Å². The molecule has 0 spiro atoms. The van der Waals surface area contributed by atoms with Gasteiger partial charge in [0.25, 0.3) is 0 Å². The van der Waals surface area contributed by atoms with Gasteiger partial charge >= 0.3 is 0 Å². The van der Waals surface area contributed by atoms with Crippen molar-refractivity contribution in [3.63, 3.8) is 0 Å². The SMILES string of the molecule is CCCN1c2cc(O)c(C=O)cc2C(C)=CC1(C)C. The van der Waals surface area contributed by atoms with Gasteiger partial charge in [0.1, 0.15) is 5.75 Å². The summed E-state index contributed by atoms with van der Waals surface area (Å²) in [5.74, 6) is 0.0559. The Morgan fingerprint density at radius 1 is 1.37 bits per heavy atom. The standard InChI is InChI=1S/C16H21NO2/c1-5-6-17-14-8-15(19)12(10-18)7-13(14)11(2)9-16(17,3)4/h7-10,19H,5-6H2,1-4H3. The molecule has 1 aromatic rings. The van der Waals surface area contributed by atoms with Crippen LogP contribution in [0.2, 0.25) is 0 Å². The van der Waals surface area contributed by atoms with Crippen LogP contribution in [0.5, 0.6) is 5.75 Å². The van der Waals surface area contributed by atoms with Gasteiger partial charge in [0.15, 0.2) is 6.29 Å². The third-order valence-electron chi connectivity index (χ3n) is 3.70. The van der Waals surface area contributed by atoms with E-state index in [2.05, 4.69) is 38.7 Å². The number of hydrogen-bond acceptors (Lipinski definition) is 3. The predicted octanol–water partition coefficient (Wildman–Crippen LogP) is 3.62. The maximum Gasteiger partial charge on any atom is 0.153 e. The van der Waals surface area contributed by atoms with E-state index < -0.39 is 0 Å². The summed E-state index contributed by atoms with van der Waals surface area (Å²) >= 11 is 0. The number of aldehydes is 1. The topological polar surface area (TPSA) is 40.5 Å². The Labute approximate surface area is 114 Å². The van der Waals surface area contributed by atoms with Crippen molar-refractivity contribution < 1.29 is 9.90 Å². The number of aromatic hydroxyl groups is 1. The Kier molecular flexibility index (Phi) is 3.40. The van der Waals surface area contributed by atoms with Crippen LogP contribution in [0.4, 0.5) is 5.69 Å². The van der Waals surface area contributed by atoms with E-state index in [1.54, 1.807) is 12.1 Å². The lowest BCUT2D eigenvalue weighted by Crippen LogP contribution is -2.45. The monoisotopic (exact) mass is 259 g/mol. The van der Waals surface area contributed by atoms with Gasteiger partial charge in [-0.15, -0.1) is 0 Å². The molecule has 3 nitrogen and oxygen atoms in total. The number of phenolic OH excluding ortho intramolecular Hbond substituents is 1. The van der Waals surface area contributed by atoms with E-state index in [0.29, 0.717) is 11.8 Å². The molecule has 2 rings (SSSR count). The zero-order valence-corrected chi connectivity index (χ0v) is 12.0. The number of anilines is 1. The Morgan fingerprint density at radius 3 is 2.63 bits per heavy atom. The highest BCUT2D eigenvalue weighted by Crippen LogP contribution is 2.41. The summed E-state index contributed by atoms with van der Waals surface area (Å²) in [6.07, 6.45) is 3.95. The van der Waals surface area contributed by atoms with E-state index in [4.69, 9.17) is 0 Å². The minimum absolute atomic E-state index is 0.0559. The van der Waals surface area contributed by atoms with E-state index in [0.717, 1.165) is 29.8 Å². The molecule has 1 N–H and O–H groups in total. The van der Waals surface area contributed by atoms with Crippen LogP contribution < -0.4 is 4.90 Å². The van der Waals surface area contributed by atoms with E-state index in [-0.39, 0.29) is 11.3 Å². The fourth-order valence-electron chi connectivity index (χ4n) is 2.86. The van der Waals surface area contributed by atoms with Crippen LogP contribution >= 0.6 is 0 Å². The van der Waals surface area contributed by atoms with Gasteiger partial charge < -0.3 is 10.0 Å². The molecular formula is C16H21NO2. The number of carbonyl (C=O) groups excluding carboxylic acids is 1. The summed E-state index contributed by atoms with van der Waals surface area (Å²) in [5.41, 5.74) is 3.46. The number of rotatable bonds is 3. The van der Waals surface area contributed by atoms with E-state index in [1.807, 2.05) is 0 Å². The highest BCUT2D eigenvalue weighted by molar-refractivity contribution is 5.89. The Balaban J connectivity index is 2.65. The van der Waals surface area contributed by atoms with Gasteiger partial charge in [0.05, 0.1) is 11.1 Å². The van der Waals surface area contributed by atoms with Crippen LogP contribution in [0.3, 0.4) is 0 Å². The molecule has 0 radical (unpaired) electrons. The Bertz CT molecular complexity index is 544. The molecule has 1 aliphatic rings. The molecule has 1 aliphatic heterocycles. The lowest BCUT2D eigenvalue weighted by Gasteiger charge is -2.43. The van der Waals surface area contributed by atoms with Crippen molar-refractivity contribution in [3.05, 3.63) is 29.3 Å². The summed E-state index contributed by atoms with van der Waals surface area (Å²) in [6, 6.07) is 3.49. The predicted molar refractivity (Wildman–Crippen MR) is 78.9 cm³/mol. The lowest BCUT2D eigenvalue weighted by molar-refractivity contribution is 0.112. The third kappa shape index (κ3) is 2.25. The van der Waals surface area contributed by atoms with Crippen molar-refractivity contribution in [1.82, 2.24) is 0 Å². The molecule has 0 unspecified atom stereocenters. The van der Waals surface area contributed by atoms with Crippen molar-refractivity contribution in [2.45, 2.75) is 39.7 Å². The van der Waals surface area contributed by atoms with Gasteiger partial charge in [0.2, 0.25) is 0 Å². The van der Waals surface area contributed by atoms with E-state index in [1.165, 1.54) is 0 Å². The number of carbonyl (C=O) groups is 1. The first-order valence-electron chi connectivity index (χ1n) is 6.70. The normalized spacial score (nSPS) is 16.8. The first-order valence-corrected chi connectivity index (χ1v) is 6.70. The number of allylic oxidation sites excluding steroid dienone is 1. The molecule has 0 aliphatic carbocycles. The second-order valence-electron chi connectivity index (χ2n) is 5.68. The molecule has 0 fully saturated rings. The van der Waals surface area contributed by atoms with Crippen LogP contribution in [0.25, 0.3) is 5.57 Å². The lowest BCUT2D eigenvalue weighted by atomic mass is 9.87. The Hall–Kier alpha value is -1.77. The fourth-order valence-corrected chi connectivity index (χ4v) is 2.86. The molecule has 0 bridgehead atoms. The van der Waals surface area contributed by atoms with Gasteiger partial charge in [-0.3, -0.25) is 4.79 Å². The minimum atomic E-state index is -0.0811. The summed E-state index contributed by atoms with van der Waals surface area (Å²) in [4.78, 5) is 13.2. The van der Waals surface area contributed by atoms with Crippen LogP contribution in [0, 0.1) is 0 Å². The van der Waals surface area contributed by atoms with Crippen LogP contribution in [0.1, 0.15) is 50.0 Å². The number of nitrogens with zero attached hydrogens (tertiary/aromatic N) is 1. The molecular weight excluding hydrogens is 238 g/mol. The Morgan fingerprint density at radius 2 is 2.05 bits per heavy atom. The molecule has 0 aromatic heterocycles. The van der Waals surface area contributed by atoms with Crippen molar-refractivity contribution >= 4 is 17.5 Å². The molecule has 0 saturated carbocycles. The van der Waals surface area contributed by atoms with Gasteiger partial charge in [-0.05, 0) is 38.8 Å². The average Bonchev–Trinajstić information content (AvgIpc) is 2.33. The molecule has 102 valence electrons. The molecule has 0 atom stereocenters. The van der Waals surface area contributed by atoms with Gasteiger partial charge in [-0.1, -0.05) is 13.0 Å². The average molecular weight is 259 g/mol. The van der Waals surface area contributed by atoms with E-state index >= 15 is 0 Å². The maximum atomic E-state index is 11.0. The number of phenols is 1. The zero-order chi connectivity index (χ0) is 14.2.